The van der Waals surface area contributed by atoms with Gasteiger partial charge in [0.1, 0.15) is 0 Å². The zero-order chi connectivity index (χ0) is 9.42. The first-order chi connectivity index (χ1) is 6.18. The molecule has 0 spiro atoms. The fraction of sp³-hybridized carbons (Fsp3) is 0.375. The number of aromatic nitrogens is 1. The molecular formula is C8H10N2O3. The Bertz CT molecular complexity index is 343. The predicted molar refractivity (Wildman–Crippen MR) is 44.0 cm³/mol. The van der Waals surface area contributed by atoms with Crippen LogP contribution in [0.25, 0.3) is 0 Å². The Morgan fingerprint density at radius 1 is 1.46 bits per heavy atom. The molecule has 13 heavy (non-hydrogen) atoms. The van der Waals surface area contributed by atoms with E-state index in [1.807, 2.05) is 0 Å². The summed E-state index contributed by atoms with van der Waals surface area (Å²) in [5.74, 6) is -0.163. The van der Waals surface area contributed by atoms with E-state index in [0.717, 1.165) is 5.69 Å². The SMILES string of the molecule is O=C1NCCc2[nH]c(C(O)O)cc21. The van der Waals surface area contributed by atoms with E-state index in [4.69, 9.17) is 10.2 Å². The van der Waals surface area contributed by atoms with Gasteiger partial charge in [0.25, 0.3) is 5.91 Å². The minimum absolute atomic E-state index is 0.163. The minimum Gasteiger partial charge on any atom is -0.363 e. The number of nitrogens with one attached hydrogen (secondary N) is 2. The molecule has 1 aliphatic heterocycles. The second-order valence-electron chi connectivity index (χ2n) is 3.00. The molecule has 1 amide bonds. The van der Waals surface area contributed by atoms with Gasteiger partial charge in [-0.2, -0.15) is 0 Å². The molecule has 70 valence electrons. The van der Waals surface area contributed by atoms with E-state index in [1.54, 1.807) is 0 Å². The van der Waals surface area contributed by atoms with Crippen molar-refractivity contribution < 1.29 is 15.0 Å². The number of rotatable bonds is 1. The van der Waals surface area contributed by atoms with E-state index in [-0.39, 0.29) is 11.6 Å². The van der Waals surface area contributed by atoms with Crippen molar-refractivity contribution in [1.82, 2.24) is 10.3 Å². The number of aromatic amines is 1. The molecule has 0 unspecified atom stereocenters. The normalized spacial score (nSPS) is 15.8. The quantitative estimate of drug-likeness (QED) is 0.432. The maximum Gasteiger partial charge on any atom is 0.253 e. The van der Waals surface area contributed by atoms with Crippen molar-refractivity contribution in [2.45, 2.75) is 12.7 Å². The zero-order valence-corrected chi connectivity index (χ0v) is 6.87. The number of fused-ring (bicyclic) bond motifs is 1. The van der Waals surface area contributed by atoms with Crippen LogP contribution in [0.15, 0.2) is 6.07 Å². The van der Waals surface area contributed by atoms with Gasteiger partial charge in [0.2, 0.25) is 0 Å². The lowest BCUT2D eigenvalue weighted by molar-refractivity contribution is -0.0455. The van der Waals surface area contributed by atoms with Crippen LogP contribution >= 0.6 is 0 Å². The smallest absolute Gasteiger partial charge is 0.253 e. The van der Waals surface area contributed by atoms with Gasteiger partial charge in [0.05, 0.1) is 11.3 Å². The summed E-state index contributed by atoms with van der Waals surface area (Å²) >= 11 is 0. The molecule has 0 aliphatic carbocycles. The van der Waals surface area contributed by atoms with Crippen molar-refractivity contribution in [2.75, 3.05) is 6.54 Å². The van der Waals surface area contributed by atoms with E-state index in [9.17, 15) is 4.79 Å². The average Bonchev–Trinajstić information content (AvgIpc) is 2.49. The molecule has 0 saturated carbocycles. The van der Waals surface area contributed by atoms with Crippen LogP contribution in [0.4, 0.5) is 0 Å². The molecule has 0 saturated heterocycles. The molecule has 2 heterocycles. The molecule has 1 aromatic heterocycles. The summed E-state index contributed by atoms with van der Waals surface area (Å²) in [4.78, 5) is 14.0. The molecule has 5 nitrogen and oxygen atoms in total. The van der Waals surface area contributed by atoms with Crippen LogP contribution in [0.5, 0.6) is 0 Å². The van der Waals surface area contributed by atoms with Gasteiger partial charge in [-0.1, -0.05) is 0 Å². The molecule has 1 aromatic rings. The molecule has 1 aliphatic rings. The highest BCUT2D eigenvalue weighted by molar-refractivity contribution is 5.96. The monoisotopic (exact) mass is 182 g/mol. The number of H-pyrrole nitrogens is 1. The Balaban J connectivity index is 2.42. The Morgan fingerprint density at radius 3 is 2.85 bits per heavy atom. The summed E-state index contributed by atoms with van der Waals surface area (Å²) in [5.41, 5.74) is 1.54. The lowest BCUT2D eigenvalue weighted by Crippen LogP contribution is -2.31. The van der Waals surface area contributed by atoms with E-state index >= 15 is 0 Å². The lowest BCUT2D eigenvalue weighted by atomic mass is 10.1. The number of carbonyl (C=O) groups is 1. The molecule has 0 atom stereocenters. The van der Waals surface area contributed by atoms with Gasteiger partial charge in [-0.05, 0) is 6.07 Å². The minimum atomic E-state index is -1.54. The topological polar surface area (TPSA) is 85.4 Å². The second kappa shape index (κ2) is 2.86. The fourth-order valence-electron chi connectivity index (χ4n) is 1.46. The van der Waals surface area contributed by atoms with Crippen LogP contribution in [0.1, 0.15) is 28.0 Å². The van der Waals surface area contributed by atoms with Gasteiger partial charge >= 0.3 is 0 Å². The van der Waals surface area contributed by atoms with Crippen molar-refractivity contribution >= 4 is 5.91 Å². The van der Waals surface area contributed by atoms with E-state index < -0.39 is 6.29 Å². The highest BCUT2D eigenvalue weighted by Crippen LogP contribution is 2.18. The van der Waals surface area contributed by atoms with Gasteiger partial charge in [0.15, 0.2) is 6.29 Å². The summed E-state index contributed by atoms with van der Waals surface area (Å²) in [5, 5.41) is 20.4. The Hall–Kier alpha value is -1.33. The Morgan fingerprint density at radius 2 is 2.23 bits per heavy atom. The Labute approximate surface area is 74.4 Å². The van der Waals surface area contributed by atoms with Crippen LogP contribution in [0, 0.1) is 0 Å². The maximum atomic E-state index is 11.2. The summed E-state index contributed by atoms with van der Waals surface area (Å²) in [6.45, 7) is 0.591. The van der Waals surface area contributed by atoms with Crippen molar-refractivity contribution in [1.29, 1.82) is 0 Å². The first kappa shape index (κ1) is 8.28. The number of amides is 1. The number of hydrogen-bond acceptors (Lipinski definition) is 3. The first-order valence-corrected chi connectivity index (χ1v) is 4.04. The molecule has 0 aromatic carbocycles. The van der Waals surface area contributed by atoms with Crippen molar-refractivity contribution in [3.63, 3.8) is 0 Å². The number of hydrogen-bond donors (Lipinski definition) is 4. The van der Waals surface area contributed by atoms with Gasteiger partial charge < -0.3 is 20.5 Å². The zero-order valence-electron chi connectivity index (χ0n) is 6.87. The van der Waals surface area contributed by atoms with Crippen LogP contribution in [-0.4, -0.2) is 27.6 Å². The van der Waals surface area contributed by atoms with E-state index in [1.165, 1.54) is 6.07 Å². The summed E-state index contributed by atoms with van der Waals surface area (Å²) in [6, 6.07) is 1.47. The third-order valence-corrected chi connectivity index (χ3v) is 2.10. The number of aliphatic hydroxyl groups excluding tert-OH is 1. The van der Waals surface area contributed by atoms with Crippen molar-refractivity contribution in [2.24, 2.45) is 0 Å². The average molecular weight is 182 g/mol. The largest absolute Gasteiger partial charge is 0.363 e. The number of aliphatic hydroxyl groups is 2. The summed E-state index contributed by atoms with van der Waals surface area (Å²) < 4.78 is 0. The van der Waals surface area contributed by atoms with Crippen LogP contribution in [-0.2, 0) is 6.42 Å². The maximum absolute atomic E-state index is 11.2. The predicted octanol–water partition coefficient (Wildman–Crippen LogP) is -0.716. The van der Waals surface area contributed by atoms with Crippen LogP contribution < -0.4 is 5.32 Å². The molecule has 4 N–H and O–H groups in total. The van der Waals surface area contributed by atoms with Crippen molar-refractivity contribution in [3.8, 4) is 0 Å². The third kappa shape index (κ3) is 1.32. The van der Waals surface area contributed by atoms with Crippen LogP contribution in [0.3, 0.4) is 0 Å². The highest BCUT2D eigenvalue weighted by atomic mass is 16.5. The molecule has 5 heteroatoms. The molecule has 0 bridgehead atoms. The van der Waals surface area contributed by atoms with Crippen molar-refractivity contribution in [3.05, 3.63) is 23.0 Å². The first-order valence-electron chi connectivity index (χ1n) is 4.04. The fourth-order valence-corrected chi connectivity index (χ4v) is 1.46. The summed E-state index contributed by atoms with van der Waals surface area (Å²) in [7, 11) is 0. The van der Waals surface area contributed by atoms with Gasteiger partial charge in [-0.25, -0.2) is 0 Å². The third-order valence-electron chi connectivity index (χ3n) is 2.10. The highest BCUT2D eigenvalue weighted by Gasteiger charge is 2.20. The van der Waals surface area contributed by atoms with Gasteiger partial charge in [-0.3, -0.25) is 4.79 Å². The van der Waals surface area contributed by atoms with Gasteiger partial charge in [0, 0.05) is 18.7 Å². The number of carbonyl (C=O) groups excluding carboxylic acids is 1. The van der Waals surface area contributed by atoms with Crippen LogP contribution in [0.2, 0.25) is 0 Å². The lowest BCUT2D eigenvalue weighted by Gasteiger charge is -2.10. The van der Waals surface area contributed by atoms with E-state index in [2.05, 4.69) is 10.3 Å². The summed E-state index contributed by atoms with van der Waals surface area (Å²) in [6.07, 6.45) is -0.841. The molecule has 0 fully saturated rings. The molecule has 0 radical (unpaired) electrons. The Kier molecular flexibility index (Phi) is 1.82. The van der Waals surface area contributed by atoms with E-state index in [0.29, 0.717) is 18.5 Å². The molecule has 2 rings (SSSR count). The second-order valence-corrected chi connectivity index (χ2v) is 3.00. The van der Waals surface area contributed by atoms with Gasteiger partial charge in [-0.15, -0.1) is 0 Å². The molecular weight excluding hydrogens is 172 g/mol. The standard InChI is InChI=1S/C8H10N2O3/c11-7-4-3-6(8(12)13)10-5(4)1-2-9-7/h3,8,10,12-13H,1-2H2,(H,9,11).